The number of aryl methyl sites for hydroxylation is 2. The van der Waals surface area contributed by atoms with Crippen LogP contribution in [0.4, 0.5) is 11.4 Å². The first kappa shape index (κ1) is 19.1. The number of hydrogen-bond donors (Lipinski definition) is 2. The first-order chi connectivity index (χ1) is 12.5. The summed E-state index contributed by atoms with van der Waals surface area (Å²) in [5, 5.41) is 24.5. The topological polar surface area (TPSA) is 106 Å². The van der Waals surface area contributed by atoms with Crippen LogP contribution in [-0.4, -0.2) is 15.9 Å². The van der Waals surface area contributed by atoms with E-state index in [2.05, 4.69) is 5.32 Å². The molecule has 0 bridgehead atoms. The van der Waals surface area contributed by atoms with Crippen LogP contribution in [0.1, 0.15) is 64.9 Å². The highest BCUT2D eigenvalue weighted by Crippen LogP contribution is 2.44. The minimum absolute atomic E-state index is 0.0889. The van der Waals surface area contributed by atoms with Gasteiger partial charge in [0.1, 0.15) is 11.4 Å². The van der Waals surface area contributed by atoms with Crippen molar-refractivity contribution in [2.75, 3.05) is 5.32 Å². The molecule has 2 aromatic rings. The molecule has 7 heteroatoms. The molecule has 1 aromatic carbocycles. The van der Waals surface area contributed by atoms with E-state index in [0.717, 1.165) is 5.56 Å². The molecule has 0 fully saturated rings. The highest BCUT2D eigenvalue weighted by atomic mass is 16.6. The van der Waals surface area contributed by atoms with Gasteiger partial charge in [-0.2, -0.15) is 0 Å². The van der Waals surface area contributed by atoms with E-state index >= 15 is 0 Å². The summed E-state index contributed by atoms with van der Waals surface area (Å²) in [5.41, 5.74) is 2.46. The Morgan fingerprint density at radius 2 is 2.00 bits per heavy atom. The quantitative estimate of drug-likeness (QED) is 0.615. The Morgan fingerprint density at radius 3 is 2.63 bits per heavy atom. The van der Waals surface area contributed by atoms with Gasteiger partial charge in [-0.05, 0) is 43.7 Å². The minimum Gasteiger partial charge on any atom is -0.455 e. The number of furan rings is 1. The van der Waals surface area contributed by atoms with E-state index in [1.165, 1.54) is 6.07 Å². The van der Waals surface area contributed by atoms with E-state index in [4.69, 9.17) is 4.42 Å². The second-order valence-corrected chi connectivity index (χ2v) is 8.14. The fraction of sp³-hybridized carbons (Fsp3) is 0.450. The number of nitrogens with zero attached hydrogens (tertiary/aromatic N) is 1. The van der Waals surface area contributed by atoms with Crippen LogP contribution in [0.15, 0.2) is 16.5 Å². The van der Waals surface area contributed by atoms with E-state index in [1.807, 2.05) is 13.8 Å². The van der Waals surface area contributed by atoms with Crippen LogP contribution < -0.4 is 5.32 Å². The van der Waals surface area contributed by atoms with Crippen molar-refractivity contribution in [3.8, 4) is 0 Å². The first-order valence-electron chi connectivity index (χ1n) is 8.87. The lowest BCUT2D eigenvalue weighted by molar-refractivity contribution is -0.384. The third-order valence-electron chi connectivity index (χ3n) is 5.09. The van der Waals surface area contributed by atoms with Gasteiger partial charge in [0.15, 0.2) is 5.76 Å². The number of carbonyl (C=O) groups is 1. The summed E-state index contributed by atoms with van der Waals surface area (Å²) in [6, 6.07) is 3.20. The average molecular weight is 372 g/mol. The predicted molar refractivity (Wildman–Crippen MR) is 101 cm³/mol. The van der Waals surface area contributed by atoms with Gasteiger partial charge in [0, 0.05) is 23.6 Å². The zero-order valence-electron chi connectivity index (χ0n) is 16.2. The van der Waals surface area contributed by atoms with E-state index < -0.39 is 16.9 Å². The lowest BCUT2D eigenvalue weighted by Crippen LogP contribution is -2.24. The van der Waals surface area contributed by atoms with Gasteiger partial charge in [-0.15, -0.1) is 0 Å². The summed E-state index contributed by atoms with van der Waals surface area (Å²) >= 11 is 0. The Bertz CT molecular complexity index is 942. The average Bonchev–Trinajstić information content (AvgIpc) is 2.84. The van der Waals surface area contributed by atoms with Crippen LogP contribution >= 0.6 is 0 Å². The third kappa shape index (κ3) is 3.47. The SMILES string of the molecule is Cc1cc(C)c(NC(=O)c2oc3c(c2C)C(O)CC(C)(C)C3)c([N+](=O)[O-])c1. The number of nitro groups is 1. The molecule has 7 nitrogen and oxygen atoms in total. The minimum atomic E-state index is -0.690. The fourth-order valence-corrected chi connectivity index (χ4v) is 3.92. The van der Waals surface area contributed by atoms with Crippen molar-refractivity contribution in [3.63, 3.8) is 0 Å². The number of fused-ring (bicyclic) bond motifs is 1. The maximum atomic E-state index is 12.8. The highest BCUT2D eigenvalue weighted by Gasteiger charge is 2.37. The summed E-state index contributed by atoms with van der Waals surface area (Å²) in [7, 11) is 0. The van der Waals surface area contributed by atoms with Gasteiger partial charge in [-0.3, -0.25) is 14.9 Å². The molecule has 1 heterocycles. The molecule has 2 N–H and O–H groups in total. The van der Waals surface area contributed by atoms with Crippen LogP contribution in [-0.2, 0) is 6.42 Å². The summed E-state index contributed by atoms with van der Waals surface area (Å²) in [5.74, 6) is 0.143. The van der Waals surface area contributed by atoms with Gasteiger partial charge in [-0.1, -0.05) is 19.9 Å². The molecular weight excluding hydrogens is 348 g/mol. The number of rotatable bonds is 3. The molecule has 1 aromatic heterocycles. The summed E-state index contributed by atoms with van der Waals surface area (Å²) in [4.78, 5) is 23.7. The summed E-state index contributed by atoms with van der Waals surface area (Å²) in [6.45, 7) is 9.28. The van der Waals surface area contributed by atoms with Crippen molar-refractivity contribution in [2.45, 2.75) is 53.6 Å². The molecule has 3 rings (SSSR count). The second-order valence-electron chi connectivity index (χ2n) is 8.14. The Kier molecular flexibility index (Phi) is 4.59. The number of amides is 1. The lowest BCUT2D eigenvalue weighted by Gasteiger charge is -2.31. The summed E-state index contributed by atoms with van der Waals surface area (Å²) in [6.07, 6.45) is 0.519. The molecule has 1 unspecified atom stereocenters. The molecule has 0 aliphatic heterocycles. The Balaban J connectivity index is 1.99. The Labute approximate surface area is 157 Å². The standard InChI is InChI=1S/C20H24N2O5/c1-10-6-11(2)17(13(7-10)22(25)26)21-19(24)18-12(3)16-14(23)8-20(4,5)9-15(16)27-18/h6-7,14,23H,8-9H2,1-5H3,(H,21,24). The normalized spacial score (nSPS) is 18.1. The molecule has 0 radical (unpaired) electrons. The van der Waals surface area contributed by atoms with Crippen molar-refractivity contribution >= 4 is 17.3 Å². The molecule has 1 aliphatic rings. The number of aliphatic hydroxyl groups is 1. The molecule has 0 spiro atoms. The highest BCUT2D eigenvalue weighted by molar-refractivity contribution is 6.05. The van der Waals surface area contributed by atoms with Crippen molar-refractivity contribution in [1.82, 2.24) is 0 Å². The predicted octanol–water partition coefficient (Wildman–Crippen LogP) is 4.37. The van der Waals surface area contributed by atoms with Crippen molar-refractivity contribution in [2.24, 2.45) is 5.41 Å². The lowest BCUT2D eigenvalue weighted by atomic mass is 9.75. The zero-order chi connectivity index (χ0) is 20.1. The van der Waals surface area contributed by atoms with Crippen molar-refractivity contribution in [3.05, 3.63) is 56.0 Å². The Hall–Kier alpha value is -2.67. The van der Waals surface area contributed by atoms with Crippen LogP contribution in [0.25, 0.3) is 0 Å². The molecule has 0 saturated heterocycles. The maximum Gasteiger partial charge on any atom is 0.293 e. The van der Waals surface area contributed by atoms with Crippen molar-refractivity contribution in [1.29, 1.82) is 0 Å². The number of carbonyl (C=O) groups excluding carboxylic acids is 1. The molecule has 0 saturated carbocycles. The largest absolute Gasteiger partial charge is 0.455 e. The molecule has 27 heavy (non-hydrogen) atoms. The van der Waals surface area contributed by atoms with E-state index in [9.17, 15) is 20.0 Å². The fourth-order valence-electron chi connectivity index (χ4n) is 3.92. The van der Waals surface area contributed by atoms with Crippen LogP contribution in [0, 0.1) is 36.3 Å². The number of benzene rings is 1. The van der Waals surface area contributed by atoms with Crippen LogP contribution in [0.3, 0.4) is 0 Å². The monoisotopic (exact) mass is 372 g/mol. The van der Waals surface area contributed by atoms with E-state index in [1.54, 1.807) is 26.8 Å². The van der Waals surface area contributed by atoms with Gasteiger partial charge < -0.3 is 14.8 Å². The molecular formula is C20H24N2O5. The molecule has 1 aliphatic carbocycles. The van der Waals surface area contributed by atoms with Crippen molar-refractivity contribution < 1.29 is 19.2 Å². The number of aliphatic hydroxyl groups excluding tert-OH is 1. The molecule has 1 atom stereocenters. The van der Waals surface area contributed by atoms with Gasteiger partial charge in [0.05, 0.1) is 11.0 Å². The number of hydrogen-bond acceptors (Lipinski definition) is 5. The molecule has 1 amide bonds. The maximum absolute atomic E-state index is 12.8. The third-order valence-corrected chi connectivity index (χ3v) is 5.09. The second kappa shape index (κ2) is 6.49. The summed E-state index contributed by atoms with van der Waals surface area (Å²) < 4.78 is 5.80. The Morgan fingerprint density at radius 1 is 1.33 bits per heavy atom. The van der Waals surface area contributed by atoms with Gasteiger partial charge >= 0.3 is 0 Å². The number of nitro benzene ring substituents is 1. The van der Waals surface area contributed by atoms with Gasteiger partial charge in [-0.25, -0.2) is 0 Å². The van der Waals surface area contributed by atoms with Gasteiger partial charge in [0.2, 0.25) is 0 Å². The number of nitrogens with one attached hydrogen (secondary N) is 1. The van der Waals surface area contributed by atoms with E-state index in [-0.39, 0.29) is 22.6 Å². The first-order valence-corrected chi connectivity index (χ1v) is 8.87. The van der Waals surface area contributed by atoms with E-state index in [0.29, 0.717) is 35.3 Å². The smallest absolute Gasteiger partial charge is 0.293 e. The zero-order valence-corrected chi connectivity index (χ0v) is 16.2. The van der Waals surface area contributed by atoms with Crippen LogP contribution in [0.2, 0.25) is 0 Å². The van der Waals surface area contributed by atoms with Crippen LogP contribution in [0.5, 0.6) is 0 Å². The number of anilines is 1. The van der Waals surface area contributed by atoms with Gasteiger partial charge in [0.25, 0.3) is 11.6 Å². The molecule has 144 valence electrons.